The molecule has 33 heavy (non-hydrogen) atoms. The zero-order chi connectivity index (χ0) is 24.4. The zero-order valence-electron chi connectivity index (χ0n) is 16.4. The summed E-state index contributed by atoms with van der Waals surface area (Å²) < 4.78 is 79.5. The van der Waals surface area contributed by atoms with Crippen LogP contribution in [0, 0.1) is 0 Å². The summed E-state index contributed by atoms with van der Waals surface area (Å²) in [5.41, 5.74) is -3.33. The number of hydrogen-bond acceptors (Lipinski definition) is 3. The molecule has 3 rings (SSSR count). The molecule has 2 aromatic carbocycles. The third-order valence-electron chi connectivity index (χ3n) is 4.64. The number of nitrogens with zero attached hydrogens (tertiary/aromatic N) is 1. The van der Waals surface area contributed by atoms with Crippen molar-refractivity contribution in [2.45, 2.75) is 18.4 Å². The lowest BCUT2D eigenvalue weighted by atomic mass is 9.97. The molecule has 0 saturated heterocycles. The van der Waals surface area contributed by atoms with E-state index in [2.05, 4.69) is 10.3 Å². The van der Waals surface area contributed by atoms with Gasteiger partial charge in [0.2, 0.25) is 0 Å². The first kappa shape index (κ1) is 23.8. The fraction of sp³-hybridized carbons (Fsp3) is 0.136. The number of benzene rings is 2. The SMILES string of the molecule is O=C(O)c1cccc(C(=O)N[C@@H](c2ccc(C(F)(F)F)cc2)c2ncccc2C(F)(F)F)c1. The van der Waals surface area contributed by atoms with Gasteiger partial charge in [0.1, 0.15) is 0 Å². The quantitative estimate of drug-likeness (QED) is 0.496. The van der Waals surface area contributed by atoms with Crippen LogP contribution < -0.4 is 5.32 Å². The van der Waals surface area contributed by atoms with Crippen LogP contribution in [0.1, 0.15) is 49.1 Å². The van der Waals surface area contributed by atoms with Gasteiger partial charge in [-0.05, 0) is 48.0 Å². The van der Waals surface area contributed by atoms with Crippen molar-refractivity contribution < 1.29 is 41.0 Å². The topological polar surface area (TPSA) is 79.3 Å². The second kappa shape index (κ2) is 8.93. The van der Waals surface area contributed by atoms with Crippen LogP contribution in [0.2, 0.25) is 0 Å². The second-order valence-corrected chi connectivity index (χ2v) is 6.85. The monoisotopic (exact) mass is 468 g/mol. The minimum absolute atomic E-state index is 0.0880. The highest BCUT2D eigenvalue weighted by molar-refractivity contribution is 5.97. The van der Waals surface area contributed by atoms with Crippen molar-refractivity contribution in [3.63, 3.8) is 0 Å². The van der Waals surface area contributed by atoms with Gasteiger partial charge in [-0.25, -0.2) is 4.79 Å². The number of hydrogen-bond donors (Lipinski definition) is 2. The average Bonchev–Trinajstić information content (AvgIpc) is 2.76. The predicted molar refractivity (Wildman–Crippen MR) is 103 cm³/mol. The van der Waals surface area contributed by atoms with E-state index in [0.29, 0.717) is 12.1 Å². The molecule has 0 radical (unpaired) electrons. The summed E-state index contributed by atoms with van der Waals surface area (Å²) in [7, 11) is 0. The maximum absolute atomic E-state index is 13.6. The third kappa shape index (κ3) is 5.48. The Balaban J connectivity index is 2.08. The highest BCUT2D eigenvalue weighted by atomic mass is 19.4. The summed E-state index contributed by atoms with van der Waals surface area (Å²) in [5.74, 6) is -2.27. The molecule has 0 aliphatic rings. The van der Waals surface area contributed by atoms with Crippen LogP contribution in [-0.4, -0.2) is 22.0 Å². The fourth-order valence-corrected chi connectivity index (χ4v) is 3.07. The lowest BCUT2D eigenvalue weighted by molar-refractivity contribution is -0.139. The van der Waals surface area contributed by atoms with Crippen LogP contribution in [0.15, 0.2) is 66.9 Å². The summed E-state index contributed by atoms with van der Waals surface area (Å²) in [6.45, 7) is 0. The van der Waals surface area contributed by atoms with Gasteiger partial charge in [-0.15, -0.1) is 0 Å². The Bertz CT molecular complexity index is 1170. The number of aromatic nitrogens is 1. The Morgan fingerprint density at radius 3 is 2.06 bits per heavy atom. The van der Waals surface area contributed by atoms with Crippen LogP contribution >= 0.6 is 0 Å². The molecule has 1 amide bonds. The Labute approximate surface area is 182 Å². The number of alkyl halides is 6. The molecule has 172 valence electrons. The van der Waals surface area contributed by atoms with E-state index in [1.807, 2.05) is 0 Å². The molecule has 1 heterocycles. The summed E-state index contributed by atoms with van der Waals surface area (Å²) in [6.07, 6.45) is -8.47. The fourth-order valence-electron chi connectivity index (χ4n) is 3.07. The Morgan fingerprint density at radius 2 is 1.48 bits per heavy atom. The van der Waals surface area contributed by atoms with Crippen LogP contribution in [0.25, 0.3) is 0 Å². The second-order valence-electron chi connectivity index (χ2n) is 6.85. The largest absolute Gasteiger partial charge is 0.478 e. The van der Waals surface area contributed by atoms with Gasteiger partial charge < -0.3 is 10.4 Å². The first-order valence-corrected chi connectivity index (χ1v) is 9.21. The summed E-state index contributed by atoms with van der Waals surface area (Å²) in [6, 6.07) is 8.17. The molecule has 5 nitrogen and oxygen atoms in total. The van der Waals surface area contributed by atoms with Gasteiger partial charge in [0.05, 0.1) is 28.4 Å². The molecule has 0 aliphatic heterocycles. The van der Waals surface area contributed by atoms with Crippen LogP contribution in [-0.2, 0) is 12.4 Å². The molecule has 3 aromatic rings. The number of pyridine rings is 1. The number of rotatable bonds is 5. The number of carbonyl (C=O) groups is 2. The summed E-state index contributed by atoms with van der Waals surface area (Å²) >= 11 is 0. The summed E-state index contributed by atoms with van der Waals surface area (Å²) in [5, 5.41) is 11.4. The van der Waals surface area contributed by atoms with E-state index in [4.69, 9.17) is 5.11 Å². The van der Waals surface area contributed by atoms with Gasteiger partial charge >= 0.3 is 18.3 Å². The van der Waals surface area contributed by atoms with Gasteiger partial charge in [-0.2, -0.15) is 26.3 Å². The van der Waals surface area contributed by atoms with Crippen molar-refractivity contribution in [3.05, 3.63) is 100 Å². The molecular weight excluding hydrogens is 454 g/mol. The smallest absolute Gasteiger partial charge is 0.418 e. The van der Waals surface area contributed by atoms with Crippen LogP contribution in [0.4, 0.5) is 26.3 Å². The van der Waals surface area contributed by atoms with Gasteiger partial charge in [0.25, 0.3) is 5.91 Å². The Hall–Kier alpha value is -3.89. The summed E-state index contributed by atoms with van der Waals surface area (Å²) in [4.78, 5) is 27.7. The number of aromatic carboxylic acids is 1. The van der Waals surface area contributed by atoms with E-state index >= 15 is 0 Å². The number of nitrogens with one attached hydrogen (secondary N) is 1. The van der Waals surface area contributed by atoms with E-state index in [9.17, 15) is 35.9 Å². The number of halogens is 6. The van der Waals surface area contributed by atoms with Crippen molar-refractivity contribution in [2.24, 2.45) is 0 Å². The minimum atomic E-state index is -4.86. The van der Waals surface area contributed by atoms with Crippen molar-refractivity contribution in [3.8, 4) is 0 Å². The van der Waals surface area contributed by atoms with E-state index < -0.39 is 47.1 Å². The molecule has 0 saturated carbocycles. The maximum atomic E-state index is 13.6. The highest BCUT2D eigenvalue weighted by Gasteiger charge is 2.37. The van der Waals surface area contributed by atoms with E-state index in [-0.39, 0.29) is 16.7 Å². The molecule has 0 fully saturated rings. The number of amides is 1. The van der Waals surface area contributed by atoms with Gasteiger partial charge in [-0.1, -0.05) is 18.2 Å². The normalized spacial score (nSPS) is 12.8. The molecule has 0 bridgehead atoms. The molecule has 0 unspecified atom stereocenters. The lowest BCUT2D eigenvalue weighted by Crippen LogP contribution is -2.32. The molecular formula is C22H14F6N2O3. The van der Waals surface area contributed by atoms with E-state index in [1.54, 1.807) is 0 Å². The van der Waals surface area contributed by atoms with Crippen molar-refractivity contribution in [2.75, 3.05) is 0 Å². The average molecular weight is 468 g/mol. The van der Waals surface area contributed by atoms with Crippen molar-refractivity contribution in [1.82, 2.24) is 10.3 Å². The van der Waals surface area contributed by atoms with Crippen molar-refractivity contribution >= 4 is 11.9 Å². The van der Waals surface area contributed by atoms with E-state index in [0.717, 1.165) is 36.5 Å². The zero-order valence-corrected chi connectivity index (χ0v) is 16.4. The predicted octanol–water partition coefficient (Wildman–Crippen LogP) is 5.34. The molecule has 0 aliphatic carbocycles. The standard InChI is InChI=1S/C22H14F6N2O3/c23-21(24,25)15-8-6-12(7-9-15)17(18-16(22(26,27)28)5-2-10-29-18)30-19(31)13-3-1-4-14(11-13)20(32)33/h1-11,17H,(H,30,31)(H,32,33)/t17-/m0/s1. The highest BCUT2D eigenvalue weighted by Crippen LogP contribution is 2.36. The van der Waals surface area contributed by atoms with Gasteiger partial charge in [-0.3, -0.25) is 9.78 Å². The lowest BCUT2D eigenvalue weighted by Gasteiger charge is -2.23. The molecule has 1 aromatic heterocycles. The third-order valence-corrected chi connectivity index (χ3v) is 4.64. The maximum Gasteiger partial charge on any atom is 0.418 e. The molecule has 1 atom stereocenters. The van der Waals surface area contributed by atoms with Gasteiger partial charge in [0, 0.05) is 11.8 Å². The minimum Gasteiger partial charge on any atom is -0.478 e. The number of carboxylic acids is 1. The Kier molecular flexibility index (Phi) is 6.43. The first-order chi connectivity index (χ1) is 15.4. The molecule has 2 N–H and O–H groups in total. The van der Waals surface area contributed by atoms with Crippen molar-refractivity contribution in [1.29, 1.82) is 0 Å². The molecule has 11 heteroatoms. The van der Waals surface area contributed by atoms with Gasteiger partial charge in [0.15, 0.2) is 0 Å². The van der Waals surface area contributed by atoms with E-state index in [1.165, 1.54) is 18.2 Å². The number of carbonyl (C=O) groups excluding carboxylic acids is 1. The van der Waals surface area contributed by atoms with Crippen LogP contribution in [0.5, 0.6) is 0 Å². The molecule has 0 spiro atoms. The Morgan fingerprint density at radius 1 is 0.848 bits per heavy atom. The van der Waals surface area contributed by atoms with Crippen LogP contribution in [0.3, 0.4) is 0 Å². The number of carboxylic acid groups (broad SMARTS) is 1. The first-order valence-electron chi connectivity index (χ1n) is 9.21.